The molecule has 2 aliphatic rings. The second kappa shape index (κ2) is 8.19. The van der Waals surface area contributed by atoms with Gasteiger partial charge in [-0.25, -0.2) is 4.90 Å². The number of hydrogen-bond donors (Lipinski definition) is 0. The molecule has 162 valence electrons. The fraction of sp³-hybridized carbons (Fsp3) is 0.360. The molecule has 0 spiro atoms. The van der Waals surface area contributed by atoms with Gasteiger partial charge >= 0.3 is 0 Å². The molecule has 6 nitrogen and oxygen atoms in total. The van der Waals surface area contributed by atoms with Crippen LogP contribution in [-0.2, 0) is 9.59 Å². The Kier molecular flexibility index (Phi) is 5.58. The average Bonchev–Trinajstić information content (AvgIpc) is 3.01. The molecule has 0 N–H and O–H groups in total. The number of nitrogens with zero attached hydrogens (tertiary/aromatic N) is 4. The van der Waals surface area contributed by atoms with Crippen molar-refractivity contribution < 1.29 is 9.59 Å². The first-order valence-electron chi connectivity index (χ1n) is 10.7. The van der Waals surface area contributed by atoms with Crippen LogP contribution in [0.25, 0.3) is 5.57 Å². The largest absolute Gasteiger partial charge is 0.378 e. The maximum absolute atomic E-state index is 13.6. The zero-order valence-corrected chi connectivity index (χ0v) is 19.0. The van der Waals surface area contributed by atoms with Gasteiger partial charge in [0.25, 0.3) is 11.8 Å². The van der Waals surface area contributed by atoms with Crippen LogP contribution in [0.2, 0.25) is 0 Å². The van der Waals surface area contributed by atoms with E-state index in [2.05, 4.69) is 23.8 Å². The van der Waals surface area contributed by atoms with Gasteiger partial charge in [-0.1, -0.05) is 18.2 Å². The fourth-order valence-corrected chi connectivity index (χ4v) is 4.13. The molecule has 1 fully saturated rings. The van der Waals surface area contributed by atoms with Crippen molar-refractivity contribution in [3.63, 3.8) is 0 Å². The molecule has 2 aliphatic heterocycles. The van der Waals surface area contributed by atoms with Crippen molar-refractivity contribution in [3.8, 4) is 0 Å². The Balaban J connectivity index is 1.79. The third-order valence-electron chi connectivity index (χ3n) is 6.30. The van der Waals surface area contributed by atoms with E-state index < -0.39 is 0 Å². The Morgan fingerprint density at radius 3 is 2.03 bits per heavy atom. The molecule has 2 aromatic rings. The summed E-state index contributed by atoms with van der Waals surface area (Å²) in [6, 6.07) is 13.5. The summed E-state index contributed by atoms with van der Waals surface area (Å²) < 4.78 is 0. The van der Waals surface area contributed by atoms with Crippen LogP contribution >= 0.6 is 0 Å². The highest BCUT2D eigenvalue weighted by atomic mass is 16.2. The lowest BCUT2D eigenvalue weighted by atomic mass is 9.99. The van der Waals surface area contributed by atoms with Gasteiger partial charge in [-0.05, 0) is 61.9 Å². The van der Waals surface area contributed by atoms with Crippen LogP contribution in [0.4, 0.5) is 11.4 Å². The summed E-state index contributed by atoms with van der Waals surface area (Å²) in [6.45, 7) is 7.27. The molecule has 2 heterocycles. The van der Waals surface area contributed by atoms with Crippen LogP contribution in [0.3, 0.4) is 0 Å². The van der Waals surface area contributed by atoms with Crippen molar-refractivity contribution in [1.82, 2.24) is 9.80 Å². The zero-order valence-electron chi connectivity index (χ0n) is 19.0. The second-order valence-corrected chi connectivity index (χ2v) is 8.67. The predicted octanol–water partition coefficient (Wildman–Crippen LogP) is 2.90. The van der Waals surface area contributed by atoms with Gasteiger partial charge in [-0.15, -0.1) is 0 Å². The van der Waals surface area contributed by atoms with Gasteiger partial charge in [0.2, 0.25) is 0 Å². The van der Waals surface area contributed by atoms with Crippen molar-refractivity contribution in [2.75, 3.05) is 57.1 Å². The number of anilines is 2. The molecule has 4 rings (SSSR count). The average molecular weight is 419 g/mol. The minimum atomic E-state index is -0.250. The van der Waals surface area contributed by atoms with Crippen LogP contribution in [0, 0.1) is 13.8 Å². The number of hydrogen-bond acceptors (Lipinski definition) is 5. The van der Waals surface area contributed by atoms with Gasteiger partial charge in [-0.3, -0.25) is 9.59 Å². The van der Waals surface area contributed by atoms with Crippen molar-refractivity contribution >= 4 is 28.8 Å². The maximum atomic E-state index is 13.6. The molecule has 0 atom stereocenters. The van der Waals surface area contributed by atoms with Gasteiger partial charge in [0.05, 0.1) is 11.3 Å². The van der Waals surface area contributed by atoms with Crippen LogP contribution in [0.15, 0.2) is 48.2 Å². The SMILES string of the molecule is Cc1ccc(C2=C(N3CCN(C)CC3)C(=O)N(c3ccc(N(C)C)cc3)C2=O)cc1C. The Hall–Kier alpha value is -3.12. The van der Waals surface area contributed by atoms with Crippen LogP contribution in [-0.4, -0.2) is 68.9 Å². The number of imide groups is 1. The fourth-order valence-electron chi connectivity index (χ4n) is 4.13. The van der Waals surface area contributed by atoms with E-state index in [0.717, 1.165) is 43.0 Å². The number of aryl methyl sites for hydroxylation is 2. The number of piperazine rings is 1. The van der Waals surface area contributed by atoms with Gasteiger partial charge < -0.3 is 14.7 Å². The highest BCUT2D eigenvalue weighted by Crippen LogP contribution is 2.36. The molecule has 0 radical (unpaired) electrons. The number of amides is 2. The lowest BCUT2D eigenvalue weighted by Crippen LogP contribution is -2.46. The smallest absolute Gasteiger partial charge is 0.282 e. The summed E-state index contributed by atoms with van der Waals surface area (Å²) in [7, 11) is 6.01. The summed E-state index contributed by atoms with van der Waals surface area (Å²) in [5.41, 5.74) is 5.74. The molecule has 6 heteroatoms. The van der Waals surface area contributed by atoms with Crippen molar-refractivity contribution in [2.24, 2.45) is 0 Å². The highest BCUT2D eigenvalue weighted by molar-refractivity contribution is 6.45. The molecule has 0 unspecified atom stereocenters. The van der Waals surface area contributed by atoms with E-state index in [4.69, 9.17) is 0 Å². The number of carbonyl (C=O) groups is 2. The molecule has 0 aromatic heterocycles. The number of likely N-dealkylation sites (N-methyl/N-ethyl adjacent to an activating group) is 1. The van der Waals surface area contributed by atoms with Crippen molar-refractivity contribution in [3.05, 3.63) is 64.9 Å². The Morgan fingerprint density at radius 2 is 1.45 bits per heavy atom. The molecule has 0 aliphatic carbocycles. The van der Waals surface area contributed by atoms with Crippen LogP contribution in [0.1, 0.15) is 16.7 Å². The minimum Gasteiger partial charge on any atom is -0.378 e. The molecular formula is C25H30N4O2. The summed E-state index contributed by atoms with van der Waals surface area (Å²) in [5, 5.41) is 0. The molecule has 31 heavy (non-hydrogen) atoms. The van der Waals surface area contributed by atoms with E-state index in [1.165, 1.54) is 10.5 Å². The second-order valence-electron chi connectivity index (χ2n) is 8.67. The summed E-state index contributed by atoms with van der Waals surface area (Å²) in [6.07, 6.45) is 0. The third kappa shape index (κ3) is 3.83. The van der Waals surface area contributed by atoms with E-state index in [0.29, 0.717) is 17.0 Å². The standard InChI is InChI=1S/C25H30N4O2/c1-17-6-7-19(16-18(17)2)22-23(28-14-12-27(5)13-15-28)25(31)29(24(22)30)21-10-8-20(9-11-21)26(3)4/h6-11,16H,12-15H2,1-5H3. The number of carbonyl (C=O) groups excluding carboxylic acids is 2. The van der Waals surface area contributed by atoms with Crippen LogP contribution in [0.5, 0.6) is 0 Å². The van der Waals surface area contributed by atoms with Crippen LogP contribution < -0.4 is 9.80 Å². The van der Waals surface area contributed by atoms with E-state index in [1.807, 2.05) is 68.4 Å². The molecule has 0 bridgehead atoms. The third-order valence-corrected chi connectivity index (χ3v) is 6.30. The first kappa shape index (κ1) is 21.1. The number of rotatable bonds is 4. The molecule has 1 saturated heterocycles. The van der Waals surface area contributed by atoms with Crippen molar-refractivity contribution in [2.45, 2.75) is 13.8 Å². The first-order valence-corrected chi connectivity index (χ1v) is 10.7. The Morgan fingerprint density at radius 1 is 0.806 bits per heavy atom. The lowest BCUT2D eigenvalue weighted by Gasteiger charge is -2.34. The first-order chi connectivity index (χ1) is 14.8. The van der Waals surface area contributed by atoms with E-state index in [-0.39, 0.29) is 11.8 Å². The Bertz CT molecular complexity index is 1050. The summed E-state index contributed by atoms with van der Waals surface area (Å²) in [5.74, 6) is -0.486. The quantitative estimate of drug-likeness (QED) is 0.715. The summed E-state index contributed by atoms with van der Waals surface area (Å²) >= 11 is 0. The van der Waals surface area contributed by atoms with Gasteiger partial charge in [0.1, 0.15) is 5.70 Å². The molecule has 2 aromatic carbocycles. The lowest BCUT2D eigenvalue weighted by molar-refractivity contribution is -0.120. The number of benzene rings is 2. The van der Waals surface area contributed by atoms with Gasteiger partial charge in [0, 0.05) is 46.0 Å². The predicted molar refractivity (Wildman–Crippen MR) is 125 cm³/mol. The van der Waals surface area contributed by atoms with E-state index in [1.54, 1.807) is 0 Å². The molecular weight excluding hydrogens is 388 g/mol. The maximum Gasteiger partial charge on any atom is 0.282 e. The van der Waals surface area contributed by atoms with E-state index in [9.17, 15) is 9.59 Å². The van der Waals surface area contributed by atoms with Gasteiger partial charge in [-0.2, -0.15) is 0 Å². The molecule has 2 amide bonds. The molecule has 0 saturated carbocycles. The monoisotopic (exact) mass is 418 g/mol. The minimum absolute atomic E-state index is 0.236. The highest BCUT2D eigenvalue weighted by Gasteiger charge is 2.43. The van der Waals surface area contributed by atoms with E-state index >= 15 is 0 Å². The normalized spacial score (nSPS) is 17.7. The summed E-state index contributed by atoms with van der Waals surface area (Å²) in [4.78, 5) is 34.9. The van der Waals surface area contributed by atoms with Gasteiger partial charge in [0.15, 0.2) is 0 Å². The van der Waals surface area contributed by atoms with Crippen molar-refractivity contribution in [1.29, 1.82) is 0 Å². The topological polar surface area (TPSA) is 47.1 Å². The zero-order chi connectivity index (χ0) is 22.3. The Labute approximate surface area is 184 Å².